The molecular formula is C60H97FN6O16. The highest BCUT2D eigenvalue weighted by Crippen LogP contribution is 2.42. The average Bonchev–Trinajstić information content (AvgIpc) is 3.95. The number of rotatable bonds is 16. The van der Waals surface area contributed by atoms with Crippen molar-refractivity contribution >= 4 is 29.2 Å². The average molecular weight is 1180 g/mol. The summed E-state index contributed by atoms with van der Waals surface area (Å²) in [4.78, 5) is 47.3. The highest BCUT2D eigenvalue weighted by Gasteiger charge is 2.54. The summed E-state index contributed by atoms with van der Waals surface area (Å²) < 4.78 is 66.5. The van der Waals surface area contributed by atoms with Crippen LogP contribution < -0.4 is 9.80 Å². The number of benzene rings is 1. The summed E-state index contributed by atoms with van der Waals surface area (Å²) in [6.45, 7) is 27.3. The molecule has 5 aliphatic heterocycles. The van der Waals surface area contributed by atoms with Crippen LogP contribution in [0.25, 0.3) is 0 Å². The van der Waals surface area contributed by atoms with Crippen molar-refractivity contribution in [3.05, 3.63) is 35.9 Å². The molecule has 23 heteroatoms. The van der Waals surface area contributed by atoms with Gasteiger partial charge in [0.15, 0.2) is 12.6 Å². The second kappa shape index (κ2) is 26.2. The monoisotopic (exact) mass is 1180 g/mol. The second-order valence-electron chi connectivity index (χ2n) is 26.5. The fourth-order valence-electron chi connectivity index (χ4n) is 13.2. The molecule has 5 aliphatic rings. The third-order valence-corrected chi connectivity index (χ3v) is 18.8. The number of aromatic nitrogens is 3. The van der Waals surface area contributed by atoms with E-state index in [0.29, 0.717) is 63.5 Å². The molecule has 7 rings (SSSR count). The fraction of sp³-hybridized carbons (Fsp3) is 0.817. The first-order valence-corrected chi connectivity index (χ1v) is 29.8. The first-order valence-electron chi connectivity index (χ1n) is 29.8. The number of morpholine rings is 1. The van der Waals surface area contributed by atoms with Crippen LogP contribution in [-0.4, -0.2) is 207 Å². The Labute approximate surface area is 489 Å². The molecule has 470 valence electrons. The maximum Gasteiger partial charge on any atom is 0.414 e. The zero-order valence-corrected chi connectivity index (χ0v) is 51.8. The lowest BCUT2D eigenvalue weighted by Gasteiger charge is -2.49. The number of amides is 1. The van der Waals surface area contributed by atoms with Crippen molar-refractivity contribution in [2.45, 2.75) is 237 Å². The number of hydrogen-bond donors (Lipinski definition) is 5. The molecule has 2 aromatic rings. The van der Waals surface area contributed by atoms with Crippen LogP contribution in [0.1, 0.15) is 141 Å². The quantitative estimate of drug-likeness (QED) is 0.135. The van der Waals surface area contributed by atoms with Gasteiger partial charge < -0.3 is 73.2 Å². The van der Waals surface area contributed by atoms with Crippen molar-refractivity contribution in [2.75, 3.05) is 63.4 Å². The minimum atomic E-state index is -2.05. The van der Waals surface area contributed by atoms with Gasteiger partial charge >= 0.3 is 12.1 Å². The lowest BCUT2D eigenvalue weighted by Crippen LogP contribution is -2.61. The molecule has 1 aromatic heterocycles. The van der Waals surface area contributed by atoms with Gasteiger partial charge in [-0.15, -0.1) is 5.10 Å². The van der Waals surface area contributed by atoms with Gasteiger partial charge in [0.25, 0.3) is 0 Å². The lowest BCUT2D eigenvalue weighted by atomic mass is 9.74. The Bertz CT molecular complexity index is 2530. The number of nitrogens with zero attached hydrogens (tertiary/aromatic N) is 6. The Morgan fingerprint density at radius 2 is 1.58 bits per heavy atom. The number of carbonyl (C=O) groups excluding carboxylic acids is 3. The first-order chi connectivity index (χ1) is 38.7. The van der Waals surface area contributed by atoms with Crippen LogP contribution in [-0.2, 0) is 58.4 Å². The van der Waals surface area contributed by atoms with E-state index in [0.717, 1.165) is 5.69 Å². The predicted octanol–water partition coefficient (Wildman–Crippen LogP) is 5.24. The Hall–Kier alpha value is -3.98. The van der Waals surface area contributed by atoms with E-state index in [1.165, 1.54) is 38.8 Å². The number of carbonyl (C=O) groups is 3. The van der Waals surface area contributed by atoms with Gasteiger partial charge in [0, 0.05) is 68.4 Å². The van der Waals surface area contributed by atoms with Gasteiger partial charge in [0.1, 0.15) is 41.6 Å². The Morgan fingerprint density at radius 3 is 2.22 bits per heavy atom. The van der Waals surface area contributed by atoms with Crippen molar-refractivity contribution in [1.29, 1.82) is 0 Å². The van der Waals surface area contributed by atoms with Gasteiger partial charge in [-0.05, 0) is 113 Å². The highest BCUT2D eigenvalue weighted by molar-refractivity contribution is 5.90. The summed E-state index contributed by atoms with van der Waals surface area (Å²) in [5, 5.41) is 68.9. The van der Waals surface area contributed by atoms with Gasteiger partial charge in [0.05, 0.1) is 90.0 Å². The molecule has 0 unspecified atom stereocenters. The van der Waals surface area contributed by atoms with Gasteiger partial charge in [-0.25, -0.2) is 13.9 Å². The number of aliphatic hydroxyl groups excluding tert-OH is 3. The van der Waals surface area contributed by atoms with E-state index >= 15 is 4.39 Å². The third-order valence-electron chi connectivity index (χ3n) is 18.8. The van der Waals surface area contributed by atoms with Crippen LogP contribution in [0.5, 0.6) is 0 Å². The third kappa shape index (κ3) is 14.6. The maximum absolute atomic E-state index is 15.4. The summed E-state index contributed by atoms with van der Waals surface area (Å²) in [5.41, 5.74) is -4.62. The molecule has 6 heterocycles. The number of cyclic esters (lactones) is 2. The van der Waals surface area contributed by atoms with Crippen LogP contribution in [0.4, 0.5) is 20.6 Å². The van der Waals surface area contributed by atoms with Gasteiger partial charge in [-0.2, -0.15) is 0 Å². The summed E-state index contributed by atoms with van der Waals surface area (Å²) >= 11 is 0. The smallest absolute Gasteiger partial charge is 0.414 e. The van der Waals surface area contributed by atoms with E-state index in [4.69, 9.17) is 37.9 Å². The summed E-state index contributed by atoms with van der Waals surface area (Å²) in [5.74, 6) is -5.78. The number of esters is 1. The Balaban J connectivity index is 1.07. The molecule has 5 saturated heterocycles. The lowest BCUT2D eigenvalue weighted by molar-refractivity contribution is -0.318. The van der Waals surface area contributed by atoms with E-state index < -0.39 is 149 Å². The number of aliphatic hydroxyl groups is 5. The zero-order chi connectivity index (χ0) is 61.5. The van der Waals surface area contributed by atoms with Crippen LogP contribution in [0, 0.1) is 29.5 Å². The van der Waals surface area contributed by atoms with Gasteiger partial charge in [0.2, 0.25) is 0 Å². The number of likely N-dealkylation sites (N-methyl/N-ethyl adjacent to an activating group) is 1. The topological polar surface area (TPSA) is 267 Å². The molecule has 83 heavy (non-hydrogen) atoms. The number of methoxy groups -OCH3 is 1. The van der Waals surface area contributed by atoms with E-state index in [1.807, 2.05) is 43.8 Å². The number of ketones is 1. The number of anilines is 2. The molecule has 0 aliphatic carbocycles. The molecule has 1 amide bonds. The summed E-state index contributed by atoms with van der Waals surface area (Å²) in [6.07, 6.45) is -9.09. The van der Waals surface area contributed by atoms with Crippen molar-refractivity contribution in [2.24, 2.45) is 23.7 Å². The SMILES string of the molecule is CC[C@H]1OC(=O)[C@H](C)[C@@H](O[C@H]2C[C@@](C)(OC)[C@@H](O)[C@H](C)O2)[C@H](C)[C@@H](O[C@@H]2O[C@H](C)C[C@H](N(C)CCC(C)(C)c3cn(C(C)(C)C[C@H]4CN(c5ccc(N6CCOCC6)c(F)c5)C(=O)O4)nn3)[C@H]2O)[C@](C)(O)C[C@@H](C)C(=O)[C@H](C)[C@@H](O)[C@]1(C)O. The Kier molecular flexibility index (Phi) is 21.0. The molecule has 0 bridgehead atoms. The maximum atomic E-state index is 15.4. The fourth-order valence-corrected chi connectivity index (χ4v) is 13.2. The number of hydrogen-bond acceptors (Lipinski definition) is 20. The molecule has 5 fully saturated rings. The minimum Gasteiger partial charge on any atom is -0.459 e. The van der Waals surface area contributed by atoms with Gasteiger partial charge in [-0.3, -0.25) is 14.5 Å². The minimum absolute atomic E-state index is 0.0446. The zero-order valence-electron chi connectivity index (χ0n) is 51.8. The first kappa shape index (κ1) is 66.5. The normalized spacial score (nSPS) is 38.5. The standard InChI is InChI=1S/C60H97FN6O16/c1-17-45-60(14,75)50(70)35(4)47(68)33(2)28-58(12,74)52(36(5)49(37(6)53(72)81-45)82-46-30-59(13,76-16)51(71)38(7)79-46)83-54-48(69)43(26-34(3)78-54)64(15)21-20-56(8,9)44-32-67(63-62-44)57(10,11)29-40-31-66(55(73)80-40)39-18-19-42(41(61)27-39)65-22-24-77-25-23-65/h18-19,27,32-38,40,43,45-46,48-52,54,69-71,74-75H,17,20-26,28-31H2,1-16H3/t33-,34-,35+,36+,37-,38+,40+,43+,45-,46+,48-,49+,50-,51+,52-,54+,58-,59-,60-/m1/s1. The van der Waals surface area contributed by atoms with Crippen LogP contribution in [0.3, 0.4) is 0 Å². The number of ether oxygens (including phenoxy) is 8. The Morgan fingerprint density at radius 1 is 0.904 bits per heavy atom. The largest absolute Gasteiger partial charge is 0.459 e. The summed E-state index contributed by atoms with van der Waals surface area (Å²) in [7, 11) is 3.39. The van der Waals surface area contributed by atoms with Crippen molar-refractivity contribution < 1.29 is 82.2 Å². The summed E-state index contributed by atoms with van der Waals surface area (Å²) in [6, 6.07) is 4.29. The van der Waals surface area contributed by atoms with Crippen molar-refractivity contribution in [1.82, 2.24) is 19.9 Å². The van der Waals surface area contributed by atoms with E-state index in [-0.39, 0.29) is 25.8 Å². The molecule has 22 nitrogen and oxygen atoms in total. The van der Waals surface area contributed by atoms with E-state index in [2.05, 4.69) is 24.2 Å². The number of Topliss-reactive ketones (excluding diaryl/α,β-unsaturated/α-hetero) is 1. The molecule has 0 spiro atoms. The second-order valence-corrected chi connectivity index (χ2v) is 26.5. The predicted molar refractivity (Wildman–Crippen MR) is 304 cm³/mol. The van der Waals surface area contributed by atoms with Crippen LogP contribution in [0.2, 0.25) is 0 Å². The highest BCUT2D eigenvalue weighted by atomic mass is 19.1. The van der Waals surface area contributed by atoms with Crippen LogP contribution >= 0.6 is 0 Å². The van der Waals surface area contributed by atoms with E-state index in [9.17, 15) is 39.9 Å². The molecule has 5 N–H and O–H groups in total. The van der Waals surface area contributed by atoms with E-state index in [1.54, 1.807) is 58.4 Å². The molecule has 19 atom stereocenters. The molecular weight excluding hydrogens is 1080 g/mol. The van der Waals surface area contributed by atoms with Gasteiger partial charge in [-0.1, -0.05) is 46.8 Å². The van der Waals surface area contributed by atoms with Crippen LogP contribution in [0.15, 0.2) is 24.4 Å². The molecule has 0 saturated carbocycles. The van der Waals surface area contributed by atoms with Crippen molar-refractivity contribution in [3.63, 3.8) is 0 Å². The van der Waals surface area contributed by atoms with Crippen molar-refractivity contribution in [3.8, 4) is 0 Å². The molecule has 0 radical (unpaired) electrons. The molecule has 1 aromatic carbocycles. The number of halogens is 1.